The first-order chi connectivity index (χ1) is 17.9. The molecule has 0 fully saturated rings. The van der Waals surface area contributed by atoms with Gasteiger partial charge < -0.3 is 10.2 Å². The number of nitrogens with zero attached hydrogens (tertiary/aromatic N) is 2. The van der Waals surface area contributed by atoms with Gasteiger partial charge in [-0.2, -0.15) is 0 Å². The molecule has 0 aliphatic carbocycles. The van der Waals surface area contributed by atoms with E-state index in [9.17, 15) is 18.0 Å². The van der Waals surface area contributed by atoms with E-state index >= 15 is 0 Å². The summed E-state index contributed by atoms with van der Waals surface area (Å²) in [4.78, 5) is 28.5. The van der Waals surface area contributed by atoms with E-state index in [0.29, 0.717) is 25.1 Å². The van der Waals surface area contributed by atoms with Crippen molar-refractivity contribution in [1.29, 1.82) is 0 Å². The molecule has 3 rings (SSSR count). The molecule has 0 aromatic heterocycles. The molecule has 37 heavy (non-hydrogen) atoms. The van der Waals surface area contributed by atoms with E-state index in [0.717, 1.165) is 16.3 Å². The summed E-state index contributed by atoms with van der Waals surface area (Å²) in [6.45, 7) is 4.19. The molecule has 196 valence electrons. The predicted octanol–water partition coefficient (Wildman–Crippen LogP) is 4.26. The van der Waals surface area contributed by atoms with Crippen molar-refractivity contribution < 1.29 is 18.0 Å². The lowest BCUT2D eigenvalue weighted by atomic mass is 10.1. The molecule has 3 aromatic rings. The number of sulfonamides is 1. The van der Waals surface area contributed by atoms with Gasteiger partial charge in [0.15, 0.2) is 0 Å². The molecular formula is C29H35N3O4S. The summed E-state index contributed by atoms with van der Waals surface area (Å²) < 4.78 is 28.4. The molecule has 7 nitrogen and oxygen atoms in total. The number of nitrogens with one attached hydrogen (secondary N) is 1. The van der Waals surface area contributed by atoms with Crippen LogP contribution in [0.25, 0.3) is 0 Å². The Bertz CT molecular complexity index is 1240. The van der Waals surface area contributed by atoms with Gasteiger partial charge in [0.25, 0.3) is 10.0 Å². The van der Waals surface area contributed by atoms with Crippen molar-refractivity contribution in [2.75, 3.05) is 23.9 Å². The van der Waals surface area contributed by atoms with Crippen LogP contribution in [0.1, 0.15) is 32.3 Å². The van der Waals surface area contributed by atoms with E-state index in [1.165, 1.54) is 17.0 Å². The Morgan fingerprint density at radius 2 is 1.41 bits per heavy atom. The number of benzene rings is 3. The Hall–Kier alpha value is -3.65. The van der Waals surface area contributed by atoms with Crippen LogP contribution in [0.3, 0.4) is 0 Å². The summed E-state index contributed by atoms with van der Waals surface area (Å²) in [5.41, 5.74) is 1.41. The fourth-order valence-electron chi connectivity index (χ4n) is 4.10. The number of para-hydroxylation sites is 1. The minimum atomic E-state index is -4.03. The standard InChI is InChI=1S/C29H35N3O4S/c1-3-21-30-29(34)27(4-2)31(22-20-24-14-8-5-9-15-24)28(33)23-32(25-16-10-6-11-17-25)37(35,36)26-18-12-7-13-19-26/h5-19,27H,3-4,20-23H2,1-2H3,(H,30,34). The maximum Gasteiger partial charge on any atom is 0.264 e. The van der Waals surface area contributed by atoms with E-state index < -0.39 is 28.5 Å². The second-order valence-corrected chi connectivity index (χ2v) is 10.6. The van der Waals surface area contributed by atoms with E-state index in [1.807, 2.05) is 44.2 Å². The smallest absolute Gasteiger partial charge is 0.264 e. The normalized spacial score (nSPS) is 11.9. The number of carbonyl (C=O) groups is 2. The van der Waals surface area contributed by atoms with Crippen molar-refractivity contribution >= 4 is 27.5 Å². The third kappa shape index (κ3) is 7.43. The van der Waals surface area contributed by atoms with E-state index in [-0.39, 0.29) is 17.3 Å². The Kier molecular flexibility index (Phi) is 10.3. The van der Waals surface area contributed by atoms with Gasteiger partial charge in [-0.25, -0.2) is 8.42 Å². The van der Waals surface area contributed by atoms with Crippen LogP contribution in [0, 0.1) is 0 Å². The van der Waals surface area contributed by atoms with Crippen molar-refractivity contribution in [2.45, 2.75) is 44.0 Å². The second-order valence-electron chi connectivity index (χ2n) is 8.70. The first-order valence-corrected chi connectivity index (χ1v) is 14.1. The van der Waals surface area contributed by atoms with Gasteiger partial charge >= 0.3 is 0 Å². The van der Waals surface area contributed by atoms with Gasteiger partial charge in [0.1, 0.15) is 12.6 Å². The molecule has 0 saturated heterocycles. The summed E-state index contributed by atoms with van der Waals surface area (Å²) in [5.74, 6) is -0.666. The molecule has 0 radical (unpaired) electrons. The van der Waals surface area contributed by atoms with Crippen molar-refractivity contribution in [3.63, 3.8) is 0 Å². The largest absolute Gasteiger partial charge is 0.354 e. The first-order valence-electron chi connectivity index (χ1n) is 12.6. The minimum Gasteiger partial charge on any atom is -0.354 e. The molecule has 8 heteroatoms. The van der Waals surface area contributed by atoms with Crippen LogP contribution in [0.4, 0.5) is 5.69 Å². The van der Waals surface area contributed by atoms with E-state index in [4.69, 9.17) is 0 Å². The number of anilines is 1. The van der Waals surface area contributed by atoms with Crippen LogP contribution in [0.15, 0.2) is 95.9 Å². The number of rotatable bonds is 13. The first kappa shape index (κ1) is 27.9. The van der Waals surface area contributed by atoms with Crippen LogP contribution in [0.5, 0.6) is 0 Å². The van der Waals surface area contributed by atoms with Gasteiger partial charge in [0, 0.05) is 13.1 Å². The molecule has 0 heterocycles. The van der Waals surface area contributed by atoms with Gasteiger partial charge in [-0.1, -0.05) is 80.6 Å². The average Bonchev–Trinajstić information content (AvgIpc) is 2.94. The highest BCUT2D eigenvalue weighted by Gasteiger charge is 2.33. The molecule has 1 atom stereocenters. The molecular weight excluding hydrogens is 486 g/mol. The molecule has 3 aromatic carbocycles. The van der Waals surface area contributed by atoms with Crippen molar-refractivity contribution in [3.05, 3.63) is 96.6 Å². The van der Waals surface area contributed by atoms with Gasteiger partial charge in [0.2, 0.25) is 11.8 Å². The van der Waals surface area contributed by atoms with Gasteiger partial charge in [0.05, 0.1) is 10.6 Å². The summed E-state index contributed by atoms with van der Waals surface area (Å²) in [7, 11) is -4.03. The Labute approximate surface area is 220 Å². The Morgan fingerprint density at radius 1 is 0.838 bits per heavy atom. The highest BCUT2D eigenvalue weighted by molar-refractivity contribution is 7.92. The van der Waals surface area contributed by atoms with Gasteiger partial charge in [-0.05, 0) is 49.1 Å². The fourth-order valence-corrected chi connectivity index (χ4v) is 5.54. The van der Waals surface area contributed by atoms with Crippen LogP contribution in [-0.2, 0) is 26.0 Å². The van der Waals surface area contributed by atoms with E-state index in [2.05, 4.69) is 5.32 Å². The topological polar surface area (TPSA) is 86.8 Å². The van der Waals surface area contributed by atoms with Crippen molar-refractivity contribution in [3.8, 4) is 0 Å². The summed E-state index contributed by atoms with van der Waals surface area (Å²) >= 11 is 0. The zero-order valence-corrected chi connectivity index (χ0v) is 22.2. The zero-order chi connectivity index (χ0) is 26.7. The molecule has 0 spiro atoms. The molecule has 1 N–H and O–H groups in total. The highest BCUT2D eigenvalue weighted by atomic mass is 32.2. The third-order valence-corrected chi connectivity index (χ3v) is 7.86. The summed E-state index contributed by atoms with van der Waals surface area (Å²) in [5, 5.41) is 2.89. The van der Waals surface area contributed by atoms with Crippen LogP contribution in [-0.4, -0.2) is 50.8 Å². The number of amides is 2. The lowest BCUT2D eigenvalue weighted by Gasteiger charge is -2.33. The van der Waals surface area contributed by atoms with Crippen LogP contribution >= 0.6 is 0 Å². The number of hydrogen-bond acceptors (Lipinski definition) is 4. The zero-order valence-electron chi connectivity index (χ0n) is 21.4. The number of carbonyl (C=O) groups excluding carboxylic acids is 2. The molecule has 0 aliphatic rings. The monoisotopic (exact) mass is 521 g/mol. The lowest BCUT2D eigenvalue weighted by molar-refractivity contribution is -0.139. The second kappa shape index (κ2) is 13.6. The van der Waals surface area contributed by atoms with E-state index in [1.54, 1.807) is 48.5 Å². The molecule has 0 aliphatic heterocycles. The van der Waals surface area contributed by atoms with Crippen LogP contribution in [0.2, 0.25) is 0 Å². The Balaban J connectivity index is 1.95. The Morgan fingerprint density at radius 3 is 1.97 bits per heavy atom. The third-order valence-electron chi connectivity index (χ3n) is 6.07. The summed E-state index contributed by atoms with van der Waals surface area (Å²) in [6.07, 6.45) is 1.73. The van der Waals surface area contributed by atoms with Crippen molar-refractivity contribution in [2.24, 2.45) is 0 Å². The van der Waals surface area contributed by atoms with Crippen molar-refractivity contribution in [1.82, 2.24) is 10.2 Å². The maximum atomic E-state index is 13.8. The maximum absolute atomic E-state index is 13.8. The lowest BCUT2D eigenvalue weighted by Crippen LogP contribution is -2.53. The van der Waals surface area contributed by atoms with Crippen LogP contribution < -0.4 is 9.62 Å². The molecule has 0 saturated carbocycles. The quantitative estimate of drug-likeness (QED) is 0.364. The number of hydrogen-bond donors (Lipinski definition) is 1. The molecule has 0 bridgehead atoms. The van der Waals surface area contributed by atoms with Gasteiger partial charge in [-0.15, -0.1) is 0 Å². The summed E-state index contributed by atoms with van der Waals surface area (Å²) in [6, 6.07) is 25.6. The molecule has 2 amide bonds. The fraction of sp³-hybridized carbons (Fsp3) is 0.310. The highest BCUT2D eigenvalue weighted by Crippen LogP contribution is 2.24. The average molecular weight is 522 g/mol. The van der Waals surface area contributed by atoms with Gasteiger partial charge in [-0.3, -0.25) is 13.9 Å². The SMILES string of the molecule is CCCNC(=O)C(CC)N(CCc1ccccc1)C(=O)CN(c1ccccc1)S(=O)(=O)c1ccccc1. The predicted molar refractivity (Wildman–Crippen MR) is 147 cm³/mol. The molecule has 1 unspecified atom stereocenters. The minimum absolute atomic E-state index is 0.0928.